The van der Waals surface area contributed by atoms with Gasteiger partial charge in [0, 0.05) is 24.2 Å². The molecule has 2 atom stereocenters. The Morgan fingerprint density at radius 2 is 2.17 bits per heavy atom. The molecule has 0 aromatic carbocycles. The molecule has 2 nitrogen and oxygen atoms in total. The van der Waals surface area contributed by atoms with Crippen LogP contribution in [0.2, 0.25) is 0 Å². The average Bonchev–Trinajstić information content (AvgIpc) is 2.07. The summed E-state index contributed by atoms with van der Waals surface area (Å²) in [6.07, 6.45) is 1.19. The minimum atomic E-state index is 0.631. The van der Waals surface area contributed by atoms with E-state index < -0.39 is 0 Å². The van der Waals surface area contributed by atoms with Crippen LogP contribution in [-0.4, -0.2) is 37.8 Å². The molecular formula is C9H21NOS. The summed E-state index contributed by atoms with van der Waals surface area (Å²) in [5.74, 6) is 1.09. The van der Waals surface area contributed by atoms with Gasteiger partial charge in [0.1, 0.15) is 0 Å². The molecule has 0 radical (unpaired) electrons. The molecular weight excluding hydrogens is 170 g/mol. The van der Waals surface area contributed by atoms with Gasteiger partial charge in [0.15, 0.2) is 0 Å². The third-order valence-corrected chi connectivity index (χ3v) is 3.30. The molecule has 12 heavy (non-hydrogen) atoms. The zero-order valence-corrected chi connectivity index (χ0v) is 9.41. The quantitative estimate of drug-likeness (QED) is 0.620. The van der Waals surface area contributed by atoms with Gasteiger partial charge in [-0.25, -0.2) is 0 Å². The van der Waals surface area contributed by atoms with Crippen LogP contribution in [-0.2, 0) is 4.74 Å². The Morgan fingerprint density at radius 1 is 1.50 bits per heavy atom. The van der Waals surface area contributed by atoms with Crippen LogP contribution in [0.25, 0.3) is 0 Å². The van der Waals surface area contributed by atoms with Crippen molar-refractivity contribution in [2.75, 3.05) is 26.5 Å². The zero-order valence-electron chi connectivity index (χ0n) is 8.59. The first-order valence-corrected chi connectivity index (χ1v) is 5.58. The molecule has 0 rings (SSSR count). The number of hydrogen-bond donors (Lipinski definition) is 1. The Bertz CT molecular complexity index is 96.5. The number of thioether (sulfide) groups is 1. The topological polar surface area (TPSA) is 21.3 Å². The van der Waals surface area contributed by atoms with Crippen molar-refractivity contribution >= 4 is 11.8 Å². The highest BCUT2D eigenvalue weighted by molar-refractivity contribution is 7.99. The lowest BCUT2D eigenvalue weighted by atomic mass is 10.2. The molecule has 0 spiro atoms. The van der Waals surface area contributed by atoms with Crippen molar-refractivity contribution in [3.05, 3.63) is 0 Å². The van der Waals surface area contributed by atoms with Gasteiger partial charge in [-0.1, -0.05) is 13.8 Å². The second-order valence-corrected chi connectivity index (χ2v) is 4.36. The summed E-state index contributed by atoms with van der Waals surface area (Å²) in [5.41, 5.74) is 0. The largest absolute Gasteiger partial charge is 0.384 e. The number of nitrogens with one attached hydrogen (secondary N) is 1. The summed E-state index contributed by atoms with van der Waals surface area (Å²) in [4.78, 5) is 0. The summed E-state index contributed by atoms with van der Waals surface area (Å²) in [6, 6.07) is 0.631. The highest BCUT2D eigenvalue weighted by Crippen LogP contribution is 2.15. The maximum absolute atomic E-state index is 5.00. The van der Waals surface area contributed by atoms with Crippen molar-refractivity contribution in [2.24, 2.45) is 0 Å². The molecule has 0 aliphatic heterocycles. The molecule has 0 amide bonds. The van der Waals surface area contributed by atoms with E-state index in [1.54, 1.807) is 7.11 Å². The molecule has 0 saturated heterocycles. The Kier molecular flexibility index (Phi) is 8.07. The summed E-state index contributed by atoms with van der Waals surface area (Å²) < 4.78 is 5.00. The third kappa shape index (κ3) is 5.01. The highest BCUT2D eigenvalue weighted by atomic mass is 32.2. The van der Waals surface area contributed by atoms with Crippen molar-refractivity contribution in [2.45, 2.75) is 31.6 Å². The minimum Gasteiger partial charge on any atom is -0.384 e. The lowest BCUT2D eigenvalue weighted by Gasteiger charge is -2.21. The fraction of sp³-hybridized carbons (Fsp3) is 1.00. The number of rotatable bonds is 7. The van der Waals surface area contributed by atoms with E-state index >= 15 is 0 Å². The van der Waals surface area contributed by atoms with Gasteiger partial charge in [-0.15, -0.1) is 0 Å². The first kappa shape index (κ1) is 12.3. The van der Waals surface area contributed by atoms with E-state index in [-0.39, 0.29) is 0 Å². The van der Waals surface area contributed by atoms with Gasteiger partial charge < -0.3 is 10.1 Å². The average molecular weight is 191 g/mol. The molecule has 0 aromatic heterocycles. The van der Waals surface area contributed by atoms with Gasteiger partial charge in [-0.3, -0.25) is 0 Å². The van der Waals surface area contributed by atoms with Crippen LogP contribution >= 0.6 is 11.8 Å². The molecule has 2 unspecified atom stereocenters. The molecule has 0 aliphatic carbocycles. The minimum absolute atomic E-state index is 0.631. The van der Waals surface area contributed by atoms with Gasteiger partial charge in [-0.2, -0.15) is 11.8 Å². The predicted octanol–water partition coefficient (Wildman–Crippen LogP) is 1.75. The van der Waals surface area contributed by atoms with Gasteiger partial charge in [0.25, 0.3) is 0 Å². The fourth-order valence-electron chi connectivity index (χ4n) is 1.20. The van der Waals surface area contributed by atoms with Crippen LogP contribution in [0.15, 0.2) is 0 Å². The number of ether oxygens (including phenoxy) is 1. The van der Waals surface area contributed by atoms with Crippen LogP contribution in [0.1, 0.15) is 20.3 Å². The van der Waals surface area contributed by atoms with Crippen LogP contribution in [0, 0.1) is 0 Å². The maximum atomic E-state index is 5.00. The van der Waals surface area contributed by atoms with Gasteiger partial charge >= 0.3 is 0 Å². The molecule has 1 N–H and O–H groups in total. The molecule has 0 saturated carbocycles. The second-order valence-electron chi connectivity index (χ2n) is 2.87. The van der Waals surface area contributed by atoms with Crippen LogP contribution in [0.3, 0.4) is 0 Å². The molecule has 74 valence electrons. The number of methoxy groups -OCH3 is 1. The molecule has 0 aliphatic rings. The van der Waals surface area contributed by atoms with E-state index in [1.807, 2.05) is 18.8 Å². The van der Waals surface area contributed by atoms with Gasteiger partial charge in [-0.05, 0) is 13.5 Å². The molecule has 3 heteroatoms. The monoisotopic (exact) mass is 191 g/mol. The molecule has 0 fully saturated rings. The fourth-order valence-corrected chi connectivity index (χ4v) is 2.40. The highest BCUT2D eigenvalue weighted by Gasteiger charge is 2.12. The van der Waals surface area contributed by atoms with E-state index in [0.29, 0.717) is 11.3 Å². The van der Waals surface area contributed by atoms with Crippen LogP contribution in [0.5, 0.6) is 0 Å². The van der Waals surface area contributed by atoms with Crippen molar-refractivity contribution < 1.29 is 4.74 Å². The van der Waals surface area contributed by atoms with Crippen molar-refractivity contribution in [1.82, 2.24) is 5.32 Å². The van der Waals surface area contributed by atoms with E-state index in [4.69, 9.17) is 4.74 Å². The SMILES string of the molecule is CCC(NC)C(C)SCCOC. The van der Waals surface area contributed by atoms with Crippen molar-refractivity contribution in [3.63, 3.8) is 0 Å². The summed E-state index contributed by atoms with van der Waals surface area (Å²) in [7, 11) is 3.78. The lowest BCUT2D eigenvalue weighted by Crippen LogP contribution is -2.33. The standard InChI is InChI=1S/C9H21NOS/c1-5-9(10-3)8(2)12-7-6-11-4/h8-10H,5-7H2,1-4H3. The Morgan fingerprint density at radius 3 is 2.58 bits per heavy atom. The summed E-state index contributed by atoms with van der Waals surface area (Å²) in [5, 5.41) is 3.99. The van der Waals surface area contributed by atoms with Crippen molar-refractivity contribution in [1.29, 1.82) is 0 Å². The van der Waals surface area contributed by atoms with Crippen LogP contribution in [0.4, 0.5) is 0 Å². The number of hydrogen-bond acceptors (Lipinski definition) is 3. The third-order valence-electron chi connectivity index (χ3n) is 2.05. The van der Waals surface area contributed by atoms with E-state index in [1.165, 1.54) is 6.42 Å². The maximum Gasteiger partial charge on any atom is 0.0553 e. The summed E-state index contributed by atoms with van der Waals surface area (Å²) in [6.45, 7) is 5.34. The first-order valence-electron chi connectivity index (χ1n) is 4.54. The first-order chi connectivity index (χ1) is 5.76. The van der Waals surface area contributed by atoms with Crippen LogP contribution < -0.4 is 5.32 Å². The Labute approximate surface area is 80.4 Å². The normalized spacial score (nSPS) is 16.0. The second kappa shape index (κ2) is 7.90. The molecule has 0 heterocycles. The van der Waals surface area contributed by atoms with Gasteiger partial charge in [0.05, 0.1) is 6.61 Å². The Hall–Kier alpha value is 0.270. The molecule has 0 aromatic rings. The van der Waals surface area contributed by atoms with Gasteiger partial charge in [0.2, 0.25) is 0 Å². The molecule has 0 bridgehead atoms. The predicted molar refractivity (Wildman–Crippen MR) is 56.9 cm³/mol. The zero-order chi connectivity index (χ0) is 9.40. The Balaban J connectivity index is 3.47. The lowest BCUT2D eigenvalue weighted by molar-refractivity contribution is 0.218. The van der Waals surface area contributed by atoms with Crippen molar-refractivity contribution in [3.8, 4) is 0 Å². The van der Waals surface area contributed by atoms with E-state index in [0.717, 1.165) is 12.4 Å². The summed E-state index contributed by atoms with van der Waals surface area (Å²) >= 11 is 1.97. The smallest absolute Gasteiger partial charge is 0.0553 e. The van der Waals surface area contributed by atoms with E-state index in [2.05, 4.69) is 19.2 Å². The van der Waals surface area contributed by atoms with E-state index in [9.17, 15) is 0 Å².